The molecule has 0 saturated heterocycles. The second-order valence-electron chi connectivity index (χ2n) is 4.53. The molecule has 1 aliphatic heterocycles. The molecule has 2 nitrogen and oxygen atoms in total. The van der Waals surface area contributed by atoms with Crippen molar-refractivity contribution in [2.45, 2.75) is 6.92 Å². The Morgan fingerprint density at radius 2 is 1.95 bits per heavy atom. The molecule has 2 heteroatoms. The van der Waals surface area contributed by atoms with Gasteiger partial charge in [-0.25, -0.2) is 0 Å². The van der Waals surface area contributed by atoms with Crippen LogP contribution in [0.15, 0.2) is 60.5 Å². The summed E-state index contributed by atoms with van der Waals surface area (Å²) in [6.07, 6.45) is 4.13. The predicted molar refractivity (Wildman–Crippen MR) is 79.6 cm³/mol. The fourth-order valence-electron chi connectivity index (χ4n) is 2.37. The van der Waals surface area contributed by atoms with Gasteiger partial charge in [0.05, 0.1) is 6.61 Å². The van der Waals surface area contributed by atoms with Crippen LogP contribution in [-0.2, 0) is 4.74 Å². The van der Waals surface area contributed by atoms with E-state index in [4.69, 9.17) is 4.74 Å². The fourth-order valence-corrected chi connectivity index (χ4v) is 2.37. The molecule has 0 fully saturated rings. The van der Waals surface area contributed by atoms with Crippen LogP contribution in [0.1, 0.15) is 12.5 Å². The number of hydrogen-bond donors (Lipinski definition) is 1. The lowest BCUT2D eigenvalue weighted by atomic mass is 9.99. The molecule has 0 aromatic heterocycles. The second kappa shape index (κ2) is 5.19. The Morgan fingerprint density at radius 1 is 1.11 bits per heavy atom. The van der Waals surface area contributed by atoms with Crippen LogP contribution in [0, 0.1) is 0 Å². The number of fused-ring (bicyclic) bond motifs is 1. The van der Waals surface area contributed by atoms with Gasteiger partial charge in [-0.05, 0) is 35.4 Å². The number of allylic oxidation sites excluding steroid dienone is 1. The SMILES string of the molecule is CCOC1=CCNC=C1c1ccc2ccccc2c1. The van der Waals surface area contributed by atoms with Crippen LogP contribution < -0.4 is 5.32 Å². The van der Waals surface area contributed by atoms with Crippen molar-refractivity contribution in [3.8, 4) is 0 Å². The van der Waals surface area contributed by atoms with Crippen molar-refractivity contribution in [3.63, 3.8) is 0 Å². The van der Waals surface area contributed by atoms with Crippen molar-refractivity contribution in [1.82, 2.24) is 5.32 Å². The van der Waals surface area contributed by atoms with Crippen molar-refractivity contribution >= 4 is 16.3 Å². The highest BCUT2D eigenvalue weighted by Gasteiger charge is 2.12. The first-order valence-electron chi connectivity index (χ1n) is 6.64. The van der Waals surface area contributed by atoms with Crippen LogP contribution in [0.3, 0.4) is 0 Å². The van der Waals surface area contributed by atoms with Crippen molar-refractivity contribution in [2.24, 2.45) is 0 Å². The molecule has 1 aliphatic rings. The molecule has 0 bridgehead atoms. The highest BCUT2D eigenvalue weighted by molar-refractivity contribution is 5.88. The fraction of sp³-hybridized carbons (Fsp3) is 0.176. The molecular formula is C17H17NO. The molecule has 2 aromatic rings. The van der Waals surface area contributed by atoms with Crippen molar-refractivity contribution < 1.29 is 4.74 Å². The van der Waals surface area contributed by atoms with Gasteiger partial charge in [0.25, 0.3) is 0 Å². The number of benzene rings is 2. The molecule has 1 N–H and O–H groups in total. The lowest BCUT2D eigenvalue weighted by Crippen LogP contribution is -2.13. The summed E-state index contributed by atoms with van der Waals surface area (Å²) in [6, 6.07) is 14.9. The van der Waals surface area contributed by atoms with Gasteiger partial charge in [-0.3, -0.25) is 0 Å². The summed E-state index contributed by atoms with van der Waals surface area (Å²) in [5, 5.41) is 5.77. The smallest absolute Gasteiger partial charge is 0.126 e. The normalized spacial score (nSPS) is 14.6. The van der Waals surface area contributed by atoms with E-state index in [1.54, 1.807) is 0 Å². The lowest BCUT2D eigenvalue weighted by Gasteiger charge is -2.18. The van der Waals surface area contributed by atoms with Gasteiger partial charge in [0.1, 0.15) is 5.76 Å². The highest BCUT2D eigenvalue weighted by atomic mass is 16.5. The molecule has 1 heterocycles. The molecule has 0 saturated carbocycles. The zero-order valence-electron chi connectivity index (χ0n) is 11.0. The molecule has 0 spiro atoms. The average Bonchev–Trinajstić information content (AvgIpc) is 2.48. The van der Waals surface area contributed by atoms with E-state index in [2.05, 4.69) is 53.9 Å². The lowest BCUT2D eigenvalue weighted by molar-refractivity contribution is 0.244. The third-order valence-corrected chi connectivity index (χ3v) is 3.28. The average molecular weight is 251 g/mol. The summed E-state index contributed by atoms with van der Waals surface area (Å²) < 4.78 is 5.71. The topological polar surface area (TPSA) is 21.3 Å². The molecule has 0 aliphatic carbocycles. The molecule has 0 radical (unpaired) electrons. The minimum atomic E-state index is 0.691. The van der Waals surface area contributed by atoms with Crippen LogP contribution in [0.25, 0.3) is 16.3 Å². The van der Waals surface area contributed by atoms with E-state index < -0.39 is 0 Å². The van der Waals surface area contributed by atoms with E-state index in [9.17, 15) is 0 Å². The number of rotatable bonds is 3. The van der Waals surface area contributed by atoms with Crippen molar-refractivity contribution in [2.75, 3.05) is 13.2 Å². The zero-order valence-corrected chi connectivity index (χ0v) is 11.0. The minimum Gasteiger partial charge on any atom is -0.493 e. The summed E-state index contributed by atoms with van der Waals surface area (Å²) in [5.41, 5.74) is 2.31. The first-order chi connectivity index (χ1) is 9.38. The second-order valence-corrected chi connectivity index (χ2v) is 4.53. The highest BCUT2D eigenvalue weighted by Crippen LogP contribution is 2.27. The number of ether oxygens (including phenoxy) is 1. The van der Waals surface area contributed by atoms with E-state index in [1.165, 1.54) is 16.3 Å². The van der Waals surface area contributed by atoms with Gasteiger partial charge < -0.3 is 10.1 Å². The Kier molecular flexibility index (Phi) is 3.23. The molecule has 0 atom stereocenters. The standard InChI is InChI=1S/C17H17NO/c1-2-19-17-9-10-18-12-16(17)15-8-7-13-5-3-4-6-14(13)11-15/h3-9,11-12,18H,2,10H2,1H3. The Hall–Kier alpha value is -2.22. The quantitative estimate of drug-likeness (QED) is 0.898. The van der Waals surface area contributed by atoms with Crippen molar-refractivity contribution in [3.05, 3.63) is 66.1 Å². The molecule has 2 aromatic carbocycles. The Morgan fingerprint density at radius 3 is 2.79 bits per heavy atom. The zero-order chi connectivity index (χ0) is 13.1. The monoisotopic (exact) mass is 251 g/mol. The maximum Gasteiger partial charge on any atom is 0.126 e. The van der Waals surface area contributed by atoms with E-state index in [0.717, 1.165) is 17.9 Å². The van der Waals surface area contributed by atoms with Crippen LogP contribution in [0.2, 0.25) is 0 Å². The first kappa shape index (κ1) is 11.8. The summed E-state index contributed by atoms with van der Waals surface area (Å²) in [4.78, 5) is 0. The van der Waals surface area contributed by atoms with Gasteiger partial charge >= 0.3 is 0 Å². The van der Waals surface area contributed by atoms with Gasteiger partial charge in [0, 0.05) is 18.3 Å². The maximum atomic E-state index is 5.71. The van der Waals surface area contributed by atoms with Gasteiger partial charge in [0.2, 0.25) is 0 Å². The van der Waals surface area contributed by atoms with Crippen LogP contribution >= 0.6 is 0 Å². The van der Waals surface area contributed by atoms with Gasteiger partial charge in [-0.15, -0.1) is 0 Å². The van der Waals surface area contributed by atoms with Gasteiger partial charge in [-0.2, -0.15) is 0 Å². The molecule has 0 unspecified atom stereocenters. The summed E-state index contributed by atoms with van der Waals surface area (Å²) in [7, 11) is 0. The van der Waals surface area contributed by atoms with Crippen molar-refractivity contribution in [1.29, 1.82) is 0 Å². The molecule has 96 valence electrons. The summed E-state index contributed by atoms with van der Waals surface area (Å²) >= 11 is 0. The Bertz CT molecular complexity index is 655. The third kappa shape index (κ3) is 2.34. The Balaban J connectivity index is 2.03. The first-order valence-corrected chi connectivity index (χ1v) is 6.64. The minimum absolute atomic E-state index is 0.691. The summed E-state index contributed by atoms with van der Waals surface area (Å²) in [6.45, 7) is 3.53. The number of hydrogen-bond acceptors (Lipinski definition) is 2. The van der Waals surface area contributed by atoms with E-state index in [1.807, 2.05) is 13.1 Å². The number of nitrogens with one attached hydrogen (secondary N) is 1. The summed E-state index contributed by atoms with van der Waals surface area (Å²) in [5.74, 6) is 0.969. The van der Waals surface area contributed by atoms with Crippen LogP contribution in [-0.4, -0.2) is 13.2 Å². The molecule has 3 rings (SSSR count). The largest absolute Gasteiger partial charge is 0.493 e. The van der Waals surface area contributed by atoms with E-state index in [-0.39, 0.29) is 0 Å². The van der Waals surface area contributed by atoms with E-state index >= 15 is 0 Å². The van der Waals surface area contributed by atoms with Crippen LogP contribution in [0.4, 0.5) is 0 Å². The predicted octanol–water partition coefficient (Wildman–Crippen LogP) is 3.70. The van der Waals surface area contributed by atoms with Crippen LogP contribution in [0.5, 0.6) is 0 Å². The molecule has 19 heavy (non-hydrogen) atoms. The maximum absolute atomic E-state index is 5.71. The van der Waals surface area contributed by atoms with E-state index in [0.29, 0.717) is 6.61 Å². The molecule has 0 amide bonds. The van der Waals surface area contributed by atoms with Gasteiger partial charge in [0.15, 0.2) is 0 Å². The van der Waals surface area contributed by atoms with Gasteiger partial charge in [-0.1, -0.05) is 36.4 Å². The Labute approximate surface area is 113 Å². The molecular weight excluding hydrogens is 234 g/mol. The third-order valence-electron chi connectivity index (χ3n) is 3.28. The number of dihydropyridines is 1.